The lowest BCUT2D eigenvalue weighted by atomic mass is 10.1. The van der Waals surface area contributed by atoms with Gasteiger partial charge >= 0.3 is 0 Å². The van der Waals surface area contributed by atoms with Crippen LogP contribution in [0.4, 0.5) is 0 Å². The molecule has 0 heterocycles. The van der Waals surface area contributed by atoms with Crippen molar-refractivity contribution >= 4 is 10.0 Å². The van der Waals surface area contributed by atoms with Gasteiger partial charge in [0.15, 0.2) is 0 Å². The Morgan fingerprint density at radius 2 is 2.00 bits per heavy atom. The largest absolute Gasteiger partial charge is 0.380 e. The minimum absolute atomic E-state index is 0.341. The topological polar surface area (TPSA) is 72.6 Å². The molecule has 2 N–H and O–H groups in total. The molecule has 1 aromatic carbocycles. The first-order valence-electron chi connectivity index (χ1n) is 6.84. The average Bonchev–Trinajstić information content (AvgIpc) is 2.42. The Labute approximate surface area is 121 Å². The van der Waals surface area contributed by atoms with Crippen molar-refractivity contribution in [3.63, 3.8) is 0 Å². The number of aryl methyl sites for hydroxylation is 1. The fourth-order valence-corrected chi connectivity index (χ4v) is 3.66. The van der Waals surface area contributed by atoms with E-state index in [2.05, 4.69) is 0 Å². The normalized spacial score (nSPS) is 12.1. The highest BCUT2D eigenvalue weighted by Gasteiger charge is 2.24. The molecule has 0 radical (unpaired) electrons. The summed E-state index contributed by atoms with van der Waals surface area (Å²) in [5, 5.41) is 0. The van der Waals surface area contributed by atoms with Gasteiger partial charge in [-0.2, -0.15) is 4.31 Å². The van der Waals surface area contributed by atoms with Crippen LogP contribution in [0.3, 0.4) is 0 Å². The zero-order chi connectivity index (χ0) is 15.2. The summed E-state index contributed by atoms with van der Waals surface area (Å²) in [6, 6.07) is 5.22. The third kappa shape index (κ3) is 4.02. The zero-order valence-electron chi connectivity index (χ0n) is 12.4. The number of likely N-dealkylation sites (N-methyl/N-ethyl adjacent to an activating group) is 1. The van der Waals surface area contributed by atoms with Crippen molar-refractivity contribution < 1.29 is 13.2 Å². The SMILES string of the molecule is CCOCCN(CC)S(=O)(=O)c1ccc(CN)cc1C. The molecule has 1 aromatic rings. The monoisotopic (exact) mass is 300 g/mol. The van der Waals surface area contributed by atoms with Crippen LogP contribution in [0, 0.1) is 6.92 Å². The maximum atomic E-state index is 12.6. The third-order valence-electron chi connectivity index (χ3n) is 3.13. The van der Waals surface area contributed by atoms with Gasteiger partial charge in [-0.25, -0.2) is 8.42 Å². The molecule has 1 rings (SSSR count). The molecule has 0 aliphatic rings. The van der Waals surface area contributed by atoms with Gasteiger partial charge in [-0.05, 0) is 31.0 Å². The first-order valence-corrected chi connectivity index (χ1v) is 8.28. The van der Waals surface area contributed by atoms with Gasteiger partial charge < -0.3 is 10.5 Å². The van der Waals surface area contributed by atoms with Gasteiger partial charge in [-0.3, -0.25) is 0 Å². The Bertz CT molecular complexity index is 529. The molecule has 0 saturated carbocycles. The van der Waals surface area contributed by atoms with Crippen molar-refractivity contribution in [1.82, 2.24) is 4.31 Å². The van der Waals surface area contributed by atoms with Gasteiger partial charge in [0.1, 0.15) is 0 Å². The van der Waals surface area contributed by atoms with Crippen molar-refractivity contribution in [1.29, 1.82) is 0 Å². The van der Waals surface area contributed by atoms with E-state index in [1.165, 1.54) is 4.31 Å². The molecular formula is C14H24N2O3S. The van der Waals surface area contributed by atoms with E-state index in [1.54, 1.807) is 19.1 Å². The van der Waals surface area contributed by atoms with Crippen LogP contribution in [0.2, 0.25) is 0 Å². The maximum Gasteiger partial charge on any atom is 0.243 e. The lowest BCUT2D eigenvalue weighted by Crippen LogP contribution is -2.34. The molecule has 6 heteroatoms. The fourth-order valence-electron chi connectivity index (χ4n) is 2.03. The first-order chi connectivity index (χ1) is 9.47. The Morgan fingerprint density at radius 1 is 1.30 bits per heavy atom. The van der Waals surface area contributed by atoms with E-state index >= 15 is 0 Å². The highest BCUT2D eigenvalue weighted by Crippen LogP contribution is 2.20. The van der Waals surface area contributed by atoms with Crippen molar-refractivity contribution in [2.45, 2.75) is 32.2 Å². The Kier molecular flexibility index (Phi) is 6.61. The summed E-state index contributed by atoms with van der Waals surface area (Å²) in [4.78, 5) is 0.341. The Morgan fingerprint density at radius 3 is 2.50 bits per heavy atom. The van der Waals surface area contributed by atoms with Gasteiger partial charge in [-0.15, -0.1) is 0 Å². The van der Waals surface area contributed by atoms with E-state index in [4.69, 9.17) is 10.5 Å². The average molecular weight is 300 g/mol. The summed E-state index contributed by atoms with van der Waals surface area (Å²) >= 11 is 0. The first kappa shape index (κ1) is 17.1. The number of sulfonamides is 1. The Balaban J connectivity index is 3.01. The number of benzene rings is 1. The van der Waals surface area contributed by atoms with Crippen LogP contribution in [0.25, 0.3) is 0 Å². The van der Waals surface area contributed by atoms with Crippen LogP contribution in [0.15, 0.2) is 23.1 Å². The summed E-state index contributed by atoms with van der Waals surface area (Å²) in [5.41, 5.74) is 7.22. The summed E-state index contributed by atoms with van der Waals surface area (Å²) in [6.07, 6.45) is 0. The molecule has 0 fully saturated rings. The van der Waals surface area contributed by atoms with Crippen molar-refractivity contribution in [3.8, 4) is 0 Å². The quantitative estimate of drug-likeness (QED) is 0.738. The number of ether oxygens (including phenoxy) is 1. The number of hydrogen-bond acceptors (Lipinski definition) is 4. The third-order valence-corrected chi connectivity index (χ3v) is 5.27. The molecule has 0 aliphatic carbocycles. The molecule has 20 heavy (non-hydrogen) atoms. The minimum Gasteiger partial charge on any atom is -0.380 e. The van der Waals surface area contributed by atoms with Crippen molar-refractivity contribution in [2.75, 3.05) is 26.3 Å². The fraction of sp³-hybridized carbons (Fsp3) is 0.571. The number of nitrogens with zero attached hydrogens (tertiary/aromatic N) is 1. The van der Waals surface area contributed by atoms with E-state index in [1.807, 2.05) is 19.9 Å². The highest BCUT2D eigenvalue weighted by atomic mass is 32.2. The molecule has 114 valence electrons. The summed E-state index contributed by atoms with van der Waals surface area (Å²) in [6.45, 7) is 7.70. The summed E-state index contributed by atoms with van der Waals surface area (Å²) in [5.74, 6) is 0. The zero-order valence-corrected chi connectivity index (χ0v) is 13.2. The van der Waals surface area contributed by atoms with Crippen LogP contribution < -0.4 is 5.73 Å². The Hall–Kier alpha value is -0.950. The summed E-state index contributed by atoms with van der Waals surface area (Å²) < 4.78 is 31.9. The van der Waals surface area contributed by atoms with Crippen LogP contribution in [0.5, 0.6) is 0 Å². The minimum atomic E-state index is -3.47. The molecule has 0 spiro atoms. The van der Waals surface area contributed by atoms with Crippen LogP contribution in [0.1, 0.15) is 25.0 Å². The summed E-state index contributed by atoms with van der Waals surface area (Å²) in [7, 11) is -3.47. The maximum absolute atomic E-state index is 12.6. The van der Waals surface area contributed by atoms with Gasteiger partial charge in [0.05, 0.1) is 11.5 Å². The standard InChI is InChI=1S/C14H24N2O3S/c1-4-16(8-9-19-5-2)20(17,18)14-7-6-13(11-15)10-12(14)3/h6-7,10H,4-5,8-9,11,15H2,1-3H3. The van der Waals surface area contributed by atoms with Gasteiger partial charge in [0.25, 0.3) is 0 Å². The highest BCUT2D eigenvalue weighted by molar-refractivity contribution is 7.89. The molecule has 0 atom stereocenters. The second-order valence-corrected chi connectivity index (χ2v) is 6.40. The number of hydrogen-bond donors (Lipinski definition) is 1. The predicted molar refractivity (Wildman–Crippen MR) is 80.0 cm³/mol. The molecule has 0 saturated heterocycles. The van der Waals surface area contributed by atoms with E-state index < -0.39 is 10.0 Å². The predicted octanol–water partition coefficient (Wildman–Crippen LogP) is 1.50. The van der Waals surface area contributed by atoms with Crippen molar-refractivity contribution in [2.24, 2.45) is 5.73 Å². The molecular weight excluding hydrogens is 276 g/mol. The van der Waals surface area contributed by atoms with Crippen molar-refractivity contribution in [3.05, 3.63) is 29.3 Å². The second-order valence-electron chi connectivity index (χ2n) is 4.50. The lowest BCUT2D eigenvalue weighted by molar-refractivity contribution is 0.135. The molecule has 0 bridgehead atoms. The van der Waals surface area contributed by atoms with Crippen LogP contribution in [-0.4, -0.2) is 39.0 Å². The van der Waals surface area contributed by atoms with Gasteiger partial charge in [0, 0.05) is 26.2 Å². The molecule has 0 aliphatic heterocycles. The molecule has 0 aromatic heterocycles. The van der Waals surface area contributed by atoms with E-state index in [-0.39, 0.29) is 0 Å². The number of nitrogens with two attached hydrogens (primary N) is 1. The van der Waals surface area contributed by atoms with E-state index in [0.717, 1.165) is 11.1 Å². The second kappa shape index (κ2) is 7.73. The molecule has 5 nitrogen and oxygen atoms in total. The molecule has 0 unspecified atom stereocenters. The van der Waals surface area contributed by atoms with E-state index in [0.29, 0.717) is 37.7 Å². The smallest absolute Gasteiger partial charge is 0.243 e. The molecule has 0 amide bonds. The van der Waals surface area contributed by atoms with Crippen LogP contribution >= 0.6 is 0 Å². The number of rotatable bonds is 8. The van der Waals surface area contributed by atoms with Gasteiger partial charge in [-0.1, -0.05) is 19.1 Å². The van der Waals surface area contributed by atoms with Crippen LogP contribution in [-0.2, 0) is 21.3 Å². The van der Waals surface area contributed by atoms with E-state index in [9.17, 15) is 8.42 Å². The lowest BCUT2D eigenvalue weighted by Gasteiger charge is -2.21. The van der Waals surface area contributed by atoms with Gasteiger partial charge in [0.2, 0.25) is 10.0 Å².